The Morgan fingerprint density at radius 3 is 2.65 bits per heavy atom. The SMILES string of the molecule is CCCOc1nc(C2CC2)nc(NC2CC2)c1[N+](=O)[O-]. The average Bonchev–Trinajstić information content (AvgIpc) is 3.26. The third kappa shape index (κ3) is 2.81. The molecule has 0 bridgehead atoms. The van der Waals surface area contributed by atoms with E-state index in [1.54, 1.807) is 0 Å². The maximum Gasteiger partial charge on any atom is 0.372 e. The van der Waals surface area contributed by atoms with E-state index in [0.29, 0.717) is 30.2 Å². The molecule has 2 fully saturated rings. The van der Waals surface area contributed by atoms with E-state index >= 15 is 0 Å². The minimum Gasteiger partial charge on any atom is -0.473 e. The largest absolute Gasteiger partial charge is 0.473 e. The van der Waals surface area contributed by atoms with Crippen molar-refractivity contribution in [3.05, 3.63) is 15.9 Å². The van der Waals surface area contributed by atoms with Gasteiger partial charge in [0.05, 0.1) is 11.5 Å². The zero-order valence-corrected chi connectivity index (χ0v) is 11.5. The molecule has 2 saturated carbocycles. The van der Waals surface area contributed by atoms with Crippen molar-refractivity contribution >= 4 is 11.5 Å². The summed E-state index contributed by atoms with van der Waals surface area (Å²) in [6.45, 7) is 2.38. The van der Waals surface area contributed by atoms with Crippen molar-refractivity contribution in [2.45, 2.75) is 51.0 Å². The lowest BCUT2D eigenvalue weighted by Gasteiger charge is -2.11. The Bertz CT molecular complexity index is 527. The predicted octanol–water partition coefficient (Wildman–Crippen LogP) is 2.63. The summed E-state index contributed by atoms with van der Waals surface area (Å²) in [5.41, 5.74) is -0.130. The summed E-state index contributed by atoms with van der Waals surface area (Å²) in [7, 11) is 0. The topological polar surface area (TPSA) is 90.2 Å². The lowest BCUT2D eigenvalue weighted by Crippen LogP contribution is -2.12. The van der Waals surface area contributed by atoms with Crippen molar-refractivity contribution < 1.29 is 9.66 Å². The number of hydrogen-bond donors (Lipinski definition) is 1. The highest BCUT2D eigenvalue weighted by atomic mass is 16.6. The van der Waals surface area contributed by atoms with E-state index in [-0.39, 0.29) is 11.6 Å². The molecule has 0 unspecified atom stereocenters. The van der Waals surface area contributed by atoms with Crippen LogP contribution in [0.25, 0.3) is 0 Å². The molecule has 20 heavy (non-hydrogen) atoms. The van der Waals surface area contributed by atoms with Crippen LogP contribution in [0.2, 0.25) is 0 Å². The van der Waals surface area contributed by atoms with Crippen molar-refractivity contribution in [1.82, 2.24) is 9.97 Å². The van der Waals surface area contributed by atoms with Crippen LogP contribution >= 0.6 is 0 Å². The van der Waals surface area contributed by atoms with Crippen molar-refractivity contribution in [2.24, 2.45) is 0 Å². The van der Waals surface area contributed by atoms with Crippen LogP contribution in [0.15, 0.2) is 0 Å². The first kappa shape index (κ1) is 13.1. The zero-order valence-electron chi connectivity index (χ0n) is 11.5. The van der Waals surface area contributed by atoms with Crippen molar-refractivity contribution in [2.75, 3.05) is 11.9 Å². The Morgan fingerprint density at radius 1 is 1.35 bits per heavy atom. The lowest BCUT2D eigenvalue weighted by molar-refractivity contribution is -0.385. The monoisotopic (exact) mass is 278 g/mol. The first-order valence-corrected chi connectivity index (χ1v) is 7.14. The molecule has 0 amide bonds. The molecule has 1 aromatic rings. The number of anilines is 1. The Kier molecular flexibility index (Phi) is 3.42. The fourth-order valence-electron chi connectivity index (χ4n) is 1.96. The van der Waals surface area contributed by atoms with Crippen LogP contribution in [-0.4, -0.2) is 27.5 Å². The highest BCUT2D eigenvalue weighted by Gasteiger charge is 2.34. The third-order valence-electron chi connectivity index (χ3n) is 3.36. The van der Waals surface area contributed by atoms with E-state index in [2.05, 4.69) is 15.3 Å². The van der Waals surface area contributed by atoms with Gasteiger partial charge in [-0.3, -0.25) is 10.1 Å². The summed E-state index contributed by atoms with van der Waals surface area (Å²) in [5.74, 6) is 1.43. The summed E-state index contributed by atoms with van der Waals surface area (Å²) < 4.78 is 5.48. The molecule has 0 radical (unpaired) electrons. The van der Waals surface area contributed by atoms with Gasteiger partial charge in [-0.2, -0.15) is 4.98 Å². The van der Waals surface area contributed by atoms with Gasteiger partial charge in [0, 0.05) is 12.0 Å². The second kappa shape index (κ2) is 5.22. The molecule has 0 aliphatic heterocycles. The predicted molar refractivity (Wildman–Crippen MR) is 73.1 cm³/mol. The van der Waals surface area contributed by atoms with E-state index in [1.165, 1.54) is 0 Å². The van der Waals surface area contributed by atoms with E-state index in [9.17, 15) is 10.1 Å². The average molecular weight is 278 g/mol. The van der Waals surface area contributed by atoms with Crippen LogP contribution in [0, 0.1) is 10.1 Å². The Balaban J connectivity index is 1.98. The summed E-state index contributed by atoms with van der Waals surface area (Å²) in [6, 6.07) is 0.301. The first-order chi connectivity index (χ1) is 9.69. The summed E-state index contributed by atoms with van der Waals surface area (Å²) >= 11 is 0. The van der Waals surface area contributed by atoms with Gasteiger partial charge >= 0.3 is 5.69 Å². The molecule has 1 aromatic heterocycles. The molecular weight excluding hydrogens is 260 g/mol. The minimum atomic E-state index is -0.452. The molecule has 0 spiro atoms. The van der Waals surface area contributed by atoms with E-state index in [4.69, 9.17) is 4.74 Å². The fourth-order valence-corrected chi connectivity index (χ4v) is 1.96. The number of hydrogen-bond acceptors (Lipinski definition) is 6. The van der Waals surface area contributed by atoms with E-state index in [1.807, 2.05) is 6.92 Å². The Labute approximate surface area is 116 Å². The lowest BCUT2D eigenvalue weighted by atomic mass is 10.3. The molecule has 0 aromatic carbocycles. The third-order valence-corrected chi connectivity index (χ3v) is 3.36. The number of aromatic nitrogens is 2. The molecule has 1 heterocycles. The number of rotatable bonds is 7. The number of nitro groups is 1. The maximum atomic E-state index is 11.3. The molecule has 2 aliphatic rings. The number of ether oxygens (including phenoxy) is 1. The smallest absolute Gasteiger partial charge is 0.372 e. The van der Waals surface area contributed by atoms with Crippen molar-refractivity contribution in [1.29, 1.82) is 0 Å². The van der Waals surface area contributed by atoms with Gasteiger partial charge in [0.2, 0.25) is 5.82 Å². The van der Waals surface area contributed by atoms with Crippen LogP contribution < -0.4 is 10.1 Å². The minimum absolute atomic E-state index is 0.108. The standard InChI is InChI=1S/C13H18N4O3/c1-2-7-20-13-10(17(18)19)12(14-9-5-6-9)15-11(16-13)8-3-4-8/h8-9H,2-7H2,1H3,(H,14,15,16). The first-order valence-electron chi connectivity index (χ1n) is 7.14. The molecule has 1 N–H and O–H groups in total. The van der Waals surface area contributed by atoms with Crippen molar-refractivity contribution in [3.8, 4) is 5.88 Å². The van der Waals surface area contributed by atoms with Gasteiger partial charge in [0.25, 0.3) is 5.88 Å². The molecule has 7 heteroatoms. The normalized spacial score (nSPS) is 17.9. The quantitative estimate of drug-likeness (QED) is 0.609. The molecule has 108 valence electrons. The summed E-state index contributed by atoms with van der Waals surface area (Å²) in [4.78, 5) is 19.5. The number of nitrogens with zero attached hydrogens (tertiary/aromatic N) is 3. The van der Waals surface area contributed by atoms with Gasteiger partial charge < -0.3 is 10.1 Å². The summed E-state index contributed by atoms with van der Waals surface area (Å²) in [5, 5.41) is 14.4. The second-order valence-electron chi connectivity index (χ2n) is 5.38. The second-order valence-corrected chi connectivity index (χ2v) is 5.38. The van der Waals surface area contributed by atoms with Crippen LogP contribution in [0.4, 0.5) is 11.5 Å². The molecule has 7 nitrogen and oxygen atoms in total. The van der Waals surface area contributed by atoms with Gasteiger partial charge in [0.15, 0.2) is 0 Å². The molecule has 0 atom stereocenters. The van der Waals surface area contributed by atoms with Gasteiger partial charge in [0.1, 0.15) is 5.82 Å². The Hall–Kier alpha value is -1.92. The summed E-state index contributed by atoms with van der Waals surface area (Å²) in [6.07, 6.45) is 4.95. The zero-order chi connectivity index (χ0) is 14.1. The fraction of sp³-hybridized carbons (Fsp3) is 0.692. The van der Waals surface area contributed by atoms with Crippen LogP contribution in [0.1, 0.15) is 50.8 Å². The molecule has 0 saturated heterocycles. The highest BCUT2D eigenvalue weighted by Crippen LogP contribution is 2.42. The molecular formula is C13H18N4O3. The van der Waals surface area contributed by atoms with E-state index in [0.717, 1.165) is 32.1 Å². The van der Waals surface area contributed by atoms with Crippen LogP contribution in [0.3, 0.4) is 0 Å². The Morgan fingerprint density at radius 2 is 2.10 bits per heavy atom. The number of nitrogens with one attached hydrogen (secondary N) is 1. The van der Waals surface area contributed by atoms with Gasteiger partial charge in [-0.05, 0) is 32.1 Å². The van der Waals surface area contributed by atoms with Gasteiger partial charge in [-0.1, -0.05) is 6.92 Å². The van der Waals surface area contributed by atoms with Gasteiger partial charge in [-0.25, -0.2) is 4.98 Å². The maximum absolute atomic E-state index is 11.3. The van der Waals surface area contributed by atoms with E-state index < -0.39 is 4.92 Å². The van der Waals surface area contributed by atoms with Crippen LogP contribution in [-0.2, 0) is 0 Å². The van der Waals surface area contributed by atoms with Crippen LogP contribution in [0.5, 0.6) is 5.88 Å². The van der Waals surface area contributed by atoms with Gasteiger partial charge in [-0.15, -0.1) is 0 Å². The molecule has 3 rings (SSSR count). The highest BCUT2D eigenvalue weighted by molar-refractivity contribution is 5.62. The van der Waals surface area contributed by atoms with Crippen molar-refractivity contribution in [3.63, 3.8) is 0 Å². The molecule has 2 aliphatic carbocycles.